The van der Waals surface area contributed by atoms with Crippen LogP contribution in [0.5, 0.6) is 0 Å². The number of hydrogen-bond donors (Lipinski definition) is 1. The predicted molar refractivity (Wildman–Crippen MR) is 107 cm³/mol. The summed E-state index contributed by atoms with van der Waals surface area (Å²) in [6, 6.07) is 11.7. The first kappa shape index (κ1) is 16.7. The average Bonchev–Trinajstić information content (AvgIpc) is 3.22. The van der Waals surface area contributed by atoms with E-state index < -0.39 is 0 Å². The van der Waals surface area contributed by atoms with E-state index in [1.807, 2.05) is 36.4 Å². The molecule has 0 aliphatic carbocycles. The van der Waals surface area contributed by atoms with Crippen molar-refractivity contribution in [2.24, 2.45) is 0 Å². The van der Waals surface area contributed by atoms with Gasteiger partial charge in [0.25, 0.3) is 5.56 Å². The molecule has 140 valence electrons. The van der Waals surface area contributed by atoms with Crippen LogP contribution in [0.3, 0.4) is 0 Å². The van der Waals surface area contributed by atoms with Gasteiger partial charge in [0, 0.05) is 50.1 Å². The number of fused-ring (bicyclic) bond motifs is 3. The molecule has 0 spiro atoms. The number of nitrogens with zero attached hydrogens (tertiary/aromatic N) is 3. The highest BCUT2D eigenvalue weighted by Gasteiger charge is 2.23. The second-order valence-corrected chi connectivity index (χ2v) is 7.49. The largest absolute Gasteiger partial charge is 0.377 e. The van der Waals surface area contributed by atoms with Gasteiger partial charge in [-0.15, -0.1) is 0 Å². The molecule has 1 N–H and O–H groups in total. The Morgan fingerprint density at radius 3 is 2.67 bits per heavy atom. The van der Waals surface area contributed by atoms with Crippen LogP contribution in [-0.4, -0.2) is 60.3 Å². The van der Waals surface area contributed by atoms with Gasteiger partial charge in [0.05, 0.1) is 17.1 Å². The van der Waals surface area contributed by atoms with Crippen LogP contribution in [0.25, 0.3) is 21.8 Å². The van der Waals surface area contributed by atoms with E-state index in [0.717, 1.165) is 61.6 Å². The van der Waals surface area contributed by atoms with Crippen molar-refractivity contribution in [3.05, 3.63) is 46.8 Å². The molecular weight excluding hydrogens is 340 g/mol. The standard InChI is InChI=1S/C21H24N4O2/c26-21-17-6-2-1-5-16(17)20-18(22-21)7-8-19(23-20)25-11-9-24(10-12-25)14-15-4-3-13-27-15/h1-2,5-8,15H,3-4,9-14H2,(H,22,26). The van der Waals surface area contributed by atoms with Crippen molar-refractivity contribution in [1.29, 1.82) is 0 Å². The van der Waals surface area contributed by atoms with Gasteiger partial charge in [-0.2, -0.15) is 0 Å². The number of ether oxygens (including phenoxy) is 1. The minimum absolute atomic E-state index is 0.0598. The Balaban J connectivity index is 1.38. The molecule has 27 heavy (non-hydrogen) atoms. The van der Waals surface area contributed by atoms with Gasteiger partial charge in [-0.3, -0.25) is 9.69 Å². The fourth-order valence-corrected chi connectivity index (χ4v) is 4.24. The Bertz CT molecular complexity index is 1020. The second kappa shape index (κ2) is 6.94. The molecule has 2 aliphatic heterocycles. The number of rotatable bonds is 3. The third kappa shape index (κ3) is 3.19. The molecule has 0 bridgehead atoms. The number of aromatic amines is 1. The fraction of sp³-hybridized carbons (Fsp3) is 0.429. The molecule has 2 fully saturated rings. The Morgan fingerprint density at radius 1 is 1.07 bits per heavy atom. The normalized spacial score (nSPS) is 21.3. The zero-order valence-electron chi connectivity index (χ0n) is 15.4. The second-order valence-electron chi connectivity index (χ2n) is 7.49. The van der Waals surface area contributed by atoms with E-state index in [1.165, 1.54) is 12.8 Å². The van der Waals surface area contributed by atoms with Crippen LogP contribution in [0.15, 0.2) is 41.2 Å². The van der Waals surface area contributed by atoms with E-state index >= 15 is 0 Å². The molecule has 1 atom stereocenters. The van der Waals surface area contributed by atoms with Crippen molar-refractivity contribution in [2.45, 2.75) is 18.9 Å². The Morgan fingerprint density at radius 2 is 1.89 bits per heavy atom. The summed E-state index contributed by atoms with van der Waals surface area (Å²) in [6.45, 7) is 5.96. The van der Waals surface area contributed by atoms with Crippen LogP contribution < -0.4 is 10.5 Å². The summed E-state index contributed by atoms with van der Waals surface area (Å²) in [5.74, 6) is 0.983. The van der Waals surface area contributed by atoms with Crippen LogP contribution in [0, 0.1) is 0 Å². The topological polar surface area (TPSA) is 61.5 Å². The van der Waals surface area contributed by atoms with Gasteiger partial charge in [0.1, 0.15) is 5.82 Å². The summed E-state index contributed by atoms with van der Waals surface area (Å²) < 4.78 is 5.77. The first-order chi connectivity index (χ1) is 13.3. The molecule has 2 aromatic heterocycles. The van der Waals surface area contributed by atoms with Crippen molar-refractivity contribution in [3.63, 3.8) is 0 Å². The lowest BCUT2D eigenvalue weighted by molar-refractivity contribution is 0.0712. The molecule has 3 aromatic rings. The van der Waals surface area contributed by atoms with Crippen LogP contribution in [0.2, 0.25) is 0 Å². The SMILES string of the molecule is O=c1[nH]c2ccc(N3CCN(CC4CCCO4)CC3)nc2c2ccccc12. The minimum atomic E-state index is -0.0598. The Hall–Kier alpha value is -2.44. The quantitative estimate of drug-likeness (QED) is 0.723. The molecular formula is C21H24N4O2. The highest BCUT2D eigenvalue weighted by Crippen LogP contribution is 2.23. The predicted octanol–water partition coefficient (Wildman–Crippen LogP) is 2.38. The minimum Gasteiger partial charge on any atom is -0.377 e. The summed E-state index contributed by atoms with van der Waals surface area (Å²) in [5.41, 5.74) is 1.60. The molecule has 0 radical (unpaired) electrons. The zero-order valence-corrected chi connectivity index (χ0v) is 15.4. The van der Waals surface area contributed by atoms with E-state index in [-0.39, 0.29) is 5.56 Å². The third-order valence-electron chi connectivity index (χ3n) is 5.74. The molecule has 6 nitrogen and oxygen atoms in total. The number of benzene rings is 1. The van der Waals surface area contributed by atoms with Gasteiger partial charge in [0.15, 0.2) is 0 Å². The van der Waals surface area contributed by atoms with Crippen molar-refractivity contribution in [3.8, 4) is 0 Å². The smallest absolute Gasteiger partial charge is 0.256 e. The van der Waals surface area contributed by atoms with E-state index in [1.54, 1.807) is 0 Å². The number of anilines is 1. The summed E-state index contributed by atoms with van der Waals surface area (Å²) in [6.07, 6.45) is 2.80. The molecule has 4 heterocycles. The van der Waals surface area contributed by atoms with Gasteiger partial charge in [-0.25, -0.2) is 4.98 Å². The molecule has 0 saturated carbocycles. The number of nitrogens with one attached hydrogen (secondary N) is 1. The number of H-pyrrole nitrogens is 1. The van der Waals surface area contributed by atoms with Gasteiger partial charge in [0.2, 0.25) is 0 Å². The van der Waals surface area contributed by atoms with Gasteiger partial charge in [-0.05, 0) is 31.0 Å². The summed E-state index contributed by atoms with van der Waals surface area (Å²) in [5, 5.41) is 1.60. The molecule has 1 aromatic carbocycles. The van der Waals surface area contributed by atoms with Crippen molar-refractivity contribution >= 4 is 27.6 Å². The van der Waals surface area contributed by atoms with E-state index in [4.69, 9.17) is 9.72 Å². The molecule has 6 heteroatoms. The number of pyridine rings is 2. The van der Waals surface area contributed by atoms with Gasteiger partial charge in [-0.1, -0.05) is 18.2 Å². The van der Waals surface area contributed by atoms with Crippen LogP contribution in [-0.2, 0) is 4.74 Å². The maximum Gasteiger partial charge on any atom is 0.256 e. The molecule has 2 aliphatic rings. The number of piperazine rings is 1. The average molecular weight is 364 g/mol. The van der Waals surface area contributed by atoms with Crippen LogP contribution in [0.1, 0.15) is 12.8 Å². The number of aromatic nitrogens is 2. The molecule has 2 saturated heterocycles. The Labute approximate surface area is 157 Å². The lowest BCUT2D eigenvalue weighted by Crippen LogP contribution is -2.48. The van der Waals surface area contributed by atoms with E-state index in [2.05, 4.69) is 14.8 Å². The third-order valence-corrected chi connectivity index (χ3v) is 5.74. The van der Waals surface area contributed by atoms with Crippen molar-refractivity contribution in [1.82, 2.24) is 14.9 Å². The Kier molecular flexibility index (Phi) is 4.30. The first-order valence-corrected chi connectivity index (χ1v) is 9.78. The molecule has 5 rings (SSSR count). The lowest BCUT2D eigenvalue weighted by atomic mass is 10.1. The van der Waals surface area contributed by atoms with Crippen LogP contribution in [0.4, 0.5) is 5.82 Å². The maximum atomic E-state index is 12.2. The first-order valence-electron chi connectivity index (χ1n) is 9.78. The zero-order chi connectivity index (χ0) is 18.2. The monoisotopic (exact) mass is 364 g/mol. The summed E-state index contributed by atoms with van der Waals surface area (Å²) in [4.78, 5) is 24.9. The summed E-state index contributed by atoms with van der Waals surface area (Å²) >= 11 is 0. The van der Waals surface area contributed by atoms with E-state index in [9.17, 15) is 4.79 Å². The van der Waals surface area contributed by atoms with Gasteiger partial charge < -0.3 is 14.6 Å². The highest BCUT2D eigenvalue weighted by atomic mass is 16.5. The van der Waals surface area contributed by atoms with Crippen LogP contribution >= 0.6 is 0 Å². The van der Waals surface area contributed by atoms with Gasteiger partial charge >= 0.3 is 0 Å². The maximum absolute atomic E-state index is 12.2. The lowest BCUT2D eigenvalue weighted by Gasteiger charge is -2.36. The fourth-order valence-electron chi connectivity index (χ4n) is 4.24. The van der Waals surface area contributed by atoms with Crippen molar-refractivity contribution < 1.29 is 4.74 Å². The van der Waals surface area contributed by atoms with E-state index in [0.29, 0.717) is 11.5 Å². The highest BCUT2D eigenvalue weighted by molar-refractivity contribution is 6.03. The summed E-state index contributed by atoms with van der Waals surface area (Å²) in [7, 11) is 0. The molecule has 1 unspecified atom stereocenters. The number of hydrogen-bond acceptors (Lipinski definition) is 5. The van der Waals surface area contributed by atoms with Crippen molar-refractivity contribution in [2.75, 3.05) is 44.2 Å². The molecule has 0 amide bonds.